The number of hydrazone groups is 1. The molecule has 1 aromatic rings. The number of ether oxygens (including phenoxy) is 1. The molecular weight excluding hydrogens is 354 g/mol. The molecule has 0 saturated heterocycles. The standard InChI is InChI=1S/C18H19N3O6/c1-2-27-18(26)15(17(24)25)21-9-5-7-13(11-21)16(23)20-19-10-12-6-3-4-8-14(12)22/h3-6,8-11,15,22H,2,7H2,1H3,(H,20,23)(H,24,25)/b19-10+. The normalized spacial score (nSPS) is 14.6. The average Bonchev–Trinajstić information content (AvgIpc) is 2.63. The van der Waals surface area contributed by atoms with E-state index in [9.17, 15) is 24.6 Å². The van der Waals surface area contributed by atoms with Crippen LogP contribution in [0.15, 0.2) is 53.4 Å². The van der Waals surface area contributed by atoms with Crippen molar-refractivity contribution < 1.29 is 29.3 Å². The molecule has 1 aromatic carbocycles. The first-order valence-electron chi connectivity index (χ1n) is 8.09. The minimum absolute atomic E-state index is 0.0141. The Bertz CT molecular complexity index is 815. The summed E-state index contributed by atoms with van der Waals surface area (Å²) in [6.07, 6.45) is 5.74. The van der Waals surface area contributed by atoms with Gasteiger partial charge in [0.25, 0.3) is 5.91 Å². The fourth-order valence-electron chi connectivity index (χ4n) is 2.29. The van der Waals surface area contributed by atoms with Gasteiger partial charge in [0.05, 0.1) is 12.8 Å². The first-order chi connectivity index (χ1) is 12.9. The number of rotatable bonds is 7. The molecule has 9 heteroatoms. The molecule has 1 aliphatic rings. The van der Waals surface area contributed by atoms with Crippen molar-refractivity contribution in [1.82, 2.24) is 10.3 Å². The van der Waals surface area contributed by atoms with Crippen molar-refractivity contribution >= 4 is 24.1 Å². The van der Waals surface area contributed by atoms with Gasteiger partial charge in [-0.05, 0) is 25.5 Å². The topological polar surface area (TPSA) is 129 Å². The number of nitrogens with zero attached hydrogens (tertiary/aromatic N) is 2. The monoisotopic (exact) mass is 373 g/mol. The highest BCUT2D eigenvalue weighted by Crippen LogP contribution is 2.17. The van der Waals surface area contributed by atoms with Gasteiger partial charge < -0.3 is 19.8 Å². The fraction of sp³-hybridized carbons (Fsp3) is 0.222. The molecule has 0 radical (unpaired) electrons. The molecule has 1 amide bonds. The fourth-order valence-corrected chi connectivity index (χ4v) is 2.29. The summed E-state index contributed by atoms with van der Waals surface area (Å²) in [5.41, 5.74) is 2.93. The zero-order valence-electron chi connectivity index (χ0n) is 14.5. The number of carboxylic acid groups (broad SMARTS) is 1. The Morgan fingerprint density at radius 1 is 1.37 bits per heavy atom. The molecule has 0 fully saturated rings. The van der Waals surface area contributed by atoms with Crippen molar-refractivity contribution in [2.24, 2.45) is 5.10 Å². The number of benzene rings is 1. The van der Waals surface area contributed by atoms with Crippen LogP contribution in [0.2, 0.25) is 0 Å². The number of nitrogens with one attached hydrogen (secondary N) is 1. The van der Waals surface area contributed by atoms with Crippen LogP contribution in [0, 0.1) is 0 Å². The highest BCUT2D eigenvalue weighted by Gasteiger charge is 2.33. The number of para-hydroxylation sites is 1. The minimum atomic E-state index is -1.59. The van der Waals surface area contributed by atoms with Gasteiger partial charge in [0.1, 0.15) is 5.75 Å². The van der Waals surface area contributed by atoms with Crippen molar-refractivity contribution in [1.29, 1.82) is 0 Å². The Morgan fingerprint density at radius 2 is 2.11 bits per heavy atom. The number of hydrogen-bond donors (Lipinski definition) is 3. The zero-order chi connectivity index (χ0) is 19.8. The molecule has 1 unspecified atom stereocenters. The second-order valence-corrected chi connectivity index (χ2v) is 5.44. The molecule has 1 atom stereocenters. The van der Waals surface area contributed by atoms with Gasteiger partial charge in [-0.3, -0.25) is 4.79 Å². The quantitative estimate of drug-likeness (QED) is 0.281. The molecule has 142 valence electrons. The molecule has 27 heavy (non-hydrogen) atoms. The van der Waals surface area contributed by atoms with E-state index >= 15 is 0 Å². The molecule has 1 aliphatic heterocycles. The number of carboxylic acids is 1. The molecule has 9 nitrogen and oxygen atoms in total. The highest BCUT2D eigenvalue weighted by atomic mass is 16.5. The SMILES string of the molecule is CCOC(=O)C(C(=O)O)N1C=CCC(C(=O)N/N=C/c2ccccc2O)=C1. The Labute approximate surface area is 155 Å². The molecule has 0 spiro atoms. The maximum atomic E-state index is 12.2. The number of aromatic hydroxyl groups is 1. The number of phenolic OH excluding ortho intramolecular Hbond substituents is 1. The van der Waals surface area contributed by atoms with Crippen LogP contribution in [-0.4, -0.2) is 51.8 Å². The van der Waals surface area contributed by atoms with Crippen LogP contribution >= 0.6 is 0 Å². The van der Waals surface area contributed by atoms with Crippen LogP contribution in [0.25, 0.3) is 0 Å². The van der Waals surface area contributed by atoms with E-state index in [4.69, 9.17) is 4.74 Å². The number of hydrogen-bond acceptors (Lipinski definition) is 7. The number of phenols is 1. The summed E-state index contributed by atoms with van der Waals surface area (Å²) in [6.45, 7) is 1.61. The van der Waals surface area contributed by atoms with Crippen molar-refractivity contribution in [2.75, 3.05) is 6.61 Å². The maximum Gasteiger partial charge on any atom is 0.340 e. The average molecular weight is 373 g/mol. The first kappa shape index (κ1) is 19.7. The number of carbonyl (C=O) groups excluding carboxylic acids is 2. The van der Waals surface area contributed by atoms with Crippen molar-refractivity contribution in [3.63, 3.8) is 0 Å². The van der Waals surface area contributed by atoms with E-state index in [-0.39, 0.29) is 24.4 Å². The lowest BCUT2D eigenvalue weighted by Crippen LogP contribution is -2.43. The lowest BCUT2D eigenvalue weighted by molar-refractivity contribution is -0.157. The number of aliphatic carboxylic acids is 1. The molecule has 2 rings (SSSR count). The van der Waals surface area contributed by atoms with Crippen LogP contribution in [0.4, 0.5) is 0 Å². The predicted octanol–water partition coefficient (Wildman–Crippen LogP) is 0.962. The van der Waals surface area contributed by atoms with E-state index in [2.05, 4.69) is 10.5 Å². The summed E-state index contributed by atoms with van der Waals surface area (Å²) < 4.78 is 4.77. The summed E-state index contributed by atoms with van der Waals surface area (Å²) in [4.78, 5) is 36.6. The third kappa shape index (κ3) is 5.18. The van der Waals surface area contributed by atoms with Gasteiger partial charge in [0.15, 0.2) is 0 Å². The van der Waals surface area contributed by atoms with Gasteiger partial charge in [0, 0.05) is 23.5 Å². The van der Waals surface area contributed by atoms with E-state index in [1.165, 1.54) is 24.7 Å². The predicted molar refractivity (Wildman–Crippen MR) is 95.6 cm³/mol. The van der Waals surface area contributed by atoms with Crippen molar-refractivity contribution in [3.8, 4) is 5.75 Å². The van der Waals surface area contributed by atoms with Gasteiger partial charge in [-0.25, -0.2) is 15.0 Å². The number of esters is 1. The Morgan fingerprint density at radius 3 is 2.78 bits per heavy atom. The van der Waals surface area contributed by atoms with Gasteiger partial charge in [0.2, 0.25) is 6.04 Å². The largest absolute Gasteiger partial charge is 0.507 e. The zero-order valence-corrected chi connectivity index (χ0v) is 14.5. The van der Waals surface area contributed by atoms with Crippen LogP contribution < -0.4 is 5.43 Å². The molecule has 0 saturated carbocycles. The smallest absolute Gasteiger partial charge is 0.340 e. The molecule has 0 aromatic heterocycles. The molecule has 0 bridgehead atoms. The lowest BCUT2D eigenvalue weighted by Gasteiger charge is -2.25. The summed E-state index contributed by atoms with van der Waals surface area (Å²) in [7, 11) is 0. The third-order valence-corrected chi connectivity index (χ3v) is 3.56. The summed E-state index contributed by atoms with van der Waals surface area (Å²) in [5.74, 6) is -2.87. The highest BCUT2D eigenvalue weighted by molar-refractivity contribution is 5.99. The second-order valence-electron chi connectivity index (χ2n) is 5.44. The molecule has 3 N–H and O–H groups in total. The molecular formula is C18H19N3O6. The summed E-state index contributed by atoms with van der Waals surface area (Å²) in [5, 5.41) is 22.7. The lowest BCUT2D eigenvalue weighted by atomic mass is 10.1. The summed E-state index contributed by atoms with van der Waals surface area (Å²) >= 11 is 0. The third-order valence-electron chi connectivity index (χ3n) is 3.56. The van der Waals surface area contributed by atoms with E-state index in [0.29, 0.717) is 5.56 Å². The number of carbonyl (C=O) groups is 3. The molecule has 0 aliphatic carbocycles. The maximum absolute atomic E-state index is 12.2. The Balaban J connectivity index is 2.08. The van der Waals surface area contributed by atoms with Crippen LogP contribution in [0.3, 0.4) is 0 Å². The van der Waals surface area contributed by atoms with Crippen LogP contribution in [-0.2, 0) is 19.1 Å². The number of amides is 1. The van der Waals surface area contributed by atoms with Gasteiger partial charge in [-0.2, -0.15) is 5.10 Å². The Hall–Kier alpha value is -3.62. The van der Waals surface area contributed by atoms with E-state index in [1.54, 1.807) is 31.2 Å². The minimum Gasteiger partial charge on any atom is -0.507 e. The first-order valence-corrected chi connectivity index (χ1v) is 8.09. The van der Waals surface area contributed by atoms with E-state index in [0.717, 1.165) is 4.90 Å². The van der Waals surface area contributed by atoms with Crippen molar-refractivity contribution in [2.45, 2.75) is 19.4 Å². The van der Waals surface area contributed by atoms with Gasteiger partial charge in [-0.15, -0.1) is 0 Å². The van der Waals surface area contributed by atoms with Crippen LogP contribution in [0.1, 0.15) is 18.9 Å². The Kier molecular flexibility index (Phi) is 6.70. The molecule has 1 heterocycles. The second kappa shape index (κ2) is 9.18. The van der Waals surface area contributed by atoms with Crippen molar-refractivity contribution in [3.05, 3.63) is 53.9 Å². The number of allylic oxidation sites excluding steroid dienone is 1. The van der Waals surface area contributed by atoms with Crippen LogP contribution in [0.5, 0.6) is 5.75 Å². The van der Waals surface area contributed by atoms with Gasteiger partial charge >= 0.3 is 11.9 Å². The van der Waals surface area contributed by atoms with E-state index < -0.39 is 23.9 Å². The summed E-state index contributed by atoms with van der Waals surface area (Å²) in [6, 6.07) is 4.87. The van der Waals surface area contributed by atoms with E-state index in [1.807, 2.05) is 0 Å². The van der Waals surface area contributed by atoms with Gasteiger partial charge in [-0.1, -0.05) is 18.2 Å².